The van der Waals surface area contributed by atoms with Crippen molar-refractivity contribution in [3.05, 3.63) is 17.6 Å². The van der Waals surface area contributed by atoms with Crippen LogP contribution in [0, 0.1) is 0 Å². The van der Waals surface area contributed by atoms with Crippen LogP contribution in [-0.4, -0.2) is 42.3 Å². The first-order chi connectivity index (χ1) is 7.83. The second-order valence-corrected chi connectivity index (χ2v) is 4.37. The smallest absolute Gasteiger partial charge is 0.147 e. The van der Waals surface area contributed by atoms with Crippen molar-refractivity contribution in [1.29, 1.82) is 0 Å². The lowest BCUT2D eigenvalue weighted by atomic mass is 10.2. The van der Waals surface area contributed by atoms with Crippen molar-refractivity contribution in [1.82, 2.24) is 15.3 Å². The molecule has 16 heavy (non-hydrogen) atoms. The van der Waals surface area contributed by atoms with Gasteiger partial charge in [-0.1, -0.05) is 0 Å². The van der Waals surface area contributed by atoms with E-state index in [1.807, 2.05) is 4.90 Å². The molecule has 1 N–H and O–H groups in total. The SMILES string of the molecule is FC1CN(c2cnc3c(n2)CCNCC3)C1. The second kappa shape index (κ2) is 3.97. The minimum atomic E-state index is -0.692. The standard InChI is InChI=1S/C11H15FN4/c12-8-6-16(7-8)11-5-14-9-1-3-13-4-2-10(9)15-11/h5,8,13H,1-4,6-7H2. The topological polar surface area (TPSA) is 41.1 Å². The lowest BCUT2D eigenvalue weighted by Gasteiger charge is -2.35. The molecule has 0 radical (unpaired) electrons. The van der Waals surface area contributed by atoms with Gasteiger partial charge in [-0.05, 0) is 0 Å². The van der Waals surface area contributed by atoms with Gasteiger partial charge in [0.1, 0.15) is 12.0 Å². The summed E-state index contributed by atoms with van der Waals surface area (Å²) in [5.41, 5.74) is 2.16. The third-order valence-electron chi connectivity index (χ3n) is 3.16. The first-order valence-electron chi connectivity index (χ1n) is 5.77. The van der Waals surface area contributed by atoms with Gasteiger partial charge in [0.05, 0.1) is 30.7 Å². The van der Waals surface area contributed by atoms with Crippen LogP contribution in [0.5, 0.6) is 0 Å². The van der Waals surface area contributed by atoms with E-state index in [4.69, 9.17) is 0 Å². The van der Waals surface area contributed by atoms with Gasteiger partial charge in [0.15, 0.2) is 0 Å². The molecule has 3 rings (SSSR count). The van der Waals surface area contributed by atoms with Crippen molar-refractivity contribution in [3.8, 4) is 0 Å². The molecule has 0 saturated carbocycles. The molecule has 2 aliphatic heterocycles. The summed E-state index contributed by atoms with van der Waals surface area (Å²) in [5, 5.41) is 3.32. The van der Waals surface area contributed by atoms with Crippen LogP contribution in [0.1, 0.15) is 11.4 Å². The summed E-state index contributed by atoms with van der Waals surface area (Å²) in [6, 6.07) is 0. The highest BCUT2D eigenvalue weighted by Gasteiger charge is 2.28. The monoisotopic (exact) mass is 222 g/mol. The van der Waals surface area contributed by atoms with E-state index in [0.717, 1.165) is 43.1 Å². The summed E-state index contributed by atoms with van der Waals surface area (Å²) >= 11 is 0. The van der Waals surface area contributed by atoms with Crippen LogP contribution in [0.2, 0.25) is 0 Å². The van der Waals surface area contributed by atoms with Crippen LogP contribution in [-0.2, 0) is 12.8 Å². The van der Waals surface area contributed by atoms with Gasteiger partial charge in [0, 0.05) is 25.9 Å². The molecule has 0 aromatic carbocycles. The molecule has 4 nitrogen and oxygen atoms in total. The number of aromatic nitrogens is 2. The number of anilines is 1. The summed E-state index contributed by atoms with van der Waals surface area (Å²) in [6.07, 6.45) is 2.94. The highest BCUT2D eigenvalue weighted by atomic mass is 19.1. The van der Waals surface area contributed by atoms with E-state index in [2.05, 4.69) is 15.3 Å². The highest BCUT2D eigenvalue weighted by molar-refractivity contribution is 5.41. The molecule has 0 bridgehead atoms. The van der Waals surface area contributed by atoms with Crippen LogP contribution < -0.4 is 10.2 Å². The number of rotatable bonds is 1. The Balaban J connectivity index is 1.83. The summed E-state index contributed by atoms with van der Waals surface area (Å²) in [4.78, 5) is 11.0. The Morgan fingerprint density at radius 3 is 2.75 bits per heavy atom. The Labute approximate surface area is 93.9 Å². The van der Waals surface area contributed by atoms with E-state index in [0.29, 0.717) is 13.1 Å². The van der Waals surface area contributed by atoms with Crippen molar-refractivity contribution < 1.29 is 4.39 Å². The van der Waals surface area contributed by atoms with Gasteiger partial charge in [0.2, 0.25) is 0 Å². The second-order valence-electron chi connectivity index (χ2n) is 4.37. The Kier molecular flexibility index (Phi) is 2.47. The van der Waals surface area contributed by atoms with Crippen LogP contribution in [0.3, 0.4) is 0 Å². The third-order valence-corrected chi connectivity index (χ3v) is 3.16. The first kappa shape index (κ1) is 9.96. The first-order valence-corrected chi connectivity index (χ1v) is 5.77. The van der Waals surface area contributed by atoms with Gasteiger partial charge in [0.25, 0.3) is 0 Å². The molecule has 0 amide bonds. The van der Waals surface area contributed by atoms with Gasteiger partial charge in [-0.3, -0.25) is 4.98 Å². The number of halogens is 1. The quantitative estimate of drug-likeness (QED) is 0.743. The zero-order chi connectivity index (χ0) is 11.0. The van der Waals surface area contributed by atoms with Gasteiger partial charge in [-0.25, -0.2) is 9.37 Å². The summed E-state index contributed by atoms with van der Waals surface area (Å²) in [5.74, 6) is 0.828. The molecule has 2 aliphatic rings. The summed E-state index contributed by atoms with van der Waals surface area (Å²) in [7, 11) is 0. The minimum absolute atomic E-state index is 0.464. The van der Waals surface area contributed by atoms with Gasteiger partial charge >= 0.3 is 0 Å². The Morgan fingerprint density at radius 2 is 2.00 bits per heavy atom. The number of hydrogen-bond donors (Lipinski definition) is 1. The van der Waals surface area contributed by atoms with E-state index in [1.165, 1.54) is 0 Å². The van der Waals surface area contributed by atoms with Gasteiger partial charge in [-0.2, -0.15) is 0 Å². The average Bonchev–Trinajstić information content (AvgIpc) is 2.48. The molecular weight excluding hydrogens is 207 g/mol. The summed E-state index contributed by atoms with van der Waals surface area (Å²) in [6.45, 7) is 2.85. The van der Waals surface area contributed by atoms with E-state index in [1.54, 1.807) is 6.20 Å². The van der Waals surface area contributed by atoms with Crippen molar-refractivity contribution in [2.75, 3.05) is 31.1 Å². The lowest BCUT2D eigenvalue weighted by molar-refractivity contribution is 0.273. The fourth-order valence-electron chi connectivity index (χ4n) is 2.15. The van der Waals surface area contributed by atoms with E-state index in [-0.39, 0.29) is 0 Å². The van der Waals surface area contributed by atoms with E-state index in [9.17, 15) is 4.39 Å². The third kappa shape index (κ3) is 1.75. The van der Waals surface area contributed by atoms with Gasteiger partial charge in [-0.15, -0.1) is 0 Å². The molecule has 5 heteroatoms. The van der Waals surface area contributed by atoms with Crippen molar-refractivity contribution in [2.45, 2.75) is 19.0 Å². The van der Waals surface area contributed by atoms with E-state index >= 15 is 0 Å². The molecule has 3 heterocycles. The molecule has 0 atom stereocenters. The molecule has 0 unspecified atom stereocenters. The fraction of sp³-hybridized carbons (Fsp3) is 0.636. The molecule has 0 spiro atoms. The van der Waals surface area contributed by atoms with E-state index < -0.39 is 6.17 Å². The normalized spacial score (nSPS) is 21.2. The van der Waals surface area contributed by atoms with Crippen LogP contribution >= 0.6 is 0 Å². The Hall–Kier alpha value is -1.23. The van der Waals surface area contributed by atoms with Crippen molar-refractivity contribution >= 4 is 5.82 Å². The molecule has 1 saturated heterocycles. The molecule has 1 aromatic rings. The molecule has 1 fully saturated rings. The van der Waals surface area contributed by atoms with Crippen LogP contribution in [0.15, 0.2) is 6.20 Å². The average molecular weight is 222 g/mol. The maximum absolute atomic E-state index is 12.8. The maximum atomic E-state index is 12.8. The van der Waals surface area contributed by atoms with Crippen molar-refractivity contribution in [3.63, 3.8) is 0 Å². The predicted octanol–water partition coefficient (Wildman–Crippen LogP) is 0.323. The number of hydrogen-bond acceptors (Lipinski definition) is 4. The Morgan fingerprint density at radius 1 is 1.25 bits per heavy atom. The fourth-order valence-corrected chi connectivity index (χ4v) is 2.15. The number of nitrogens with one attached hydrogen (secondary N) is 1. The van der Waals surface area contributed by atoms with Crippen LogP contribution in [0.25, 0.3) is 0 Å². The van der Waals surface area contributed by atoms with Crippen LogP contribution in [0.4, 0.5) is 10.2 Å². The number of fused-ring (bicyclic) bond motifs is 1. The highest BCUT2D eigenvalue weighted by Crippen LogP contribution is 2.21. The zero-order valence-corrected chi connectivity index (χ0v) is 9.12. The Bertz CT molecular complexity index is 390. The minimum Gasteiger partial charge on any atom is -0.349 e. The lowest BCUT2D eigenvalue weighted by Crippen LogP contribution is -2.49. The molecular formula is C11H15FN4. The van der Waals surface area contributed by atoms with Gasteiger partial charge < -0.3 is 10.2 Å². The summed E-state index contributed by atoms with van der Waals surface area (Å²) < 4.78 is 12.8. The van der Waals surface area contributed by atoms with Crippen molar-refractivity contribution in [2.24, 2.45) is 0 Å². The number of nitrogens with zero attached hydrogens (tertiary/aromatic N) is 3. The largest absolute Gasteiger partial charge is 0.349 e. The predicted molar refractivity (Wildman–Crippen MR) is 59.4 cm³/mol. The molecule has 0 aliphatic carbocycles. The molecule has 86 valence electrons. The molecule has 1 aromatic heterocycles. The zero-order valence-electron chi connectivity index (χ0n) is 9.12. The maximum Gasteiger partial charge on any atom is 0.147 e. The number of alkyl halides is 1.